The molecule has 0 aliphatic carbocycles. The smallest absolute Gasteiger partial charge is 0.408 e. The summed E-state index contributed by atoms with van der Waals surface area (Å²) in [5, 5.41) is 8.69. The Morgan fingerprint density at radius 1 is 0.712 bits per heavy atom. The maximum atomic E-state index is 14.5. The van der Waals surface area contributed by atoms with Crippen molar-refractivity contribution >= 4 is 37.9 Å². The number of esters is 1. The van der Waals surface area contributed by atoms with E-state index in [0.29, 0.717) is 42.6 Å². The van der Waals surface area contributed by atoms with Crippen LogP contribution in [-0.4, -0.2) is 98.9 Å². The highest BCUT2D eigenvalue weighted by Crippen LogP contribution is 2.34. The number of carbonyl (C=O) groups excluding carboxylic acids is 5. The van der Waals surface area contributed by atoms with Crippen LogP contribution in [0.3, 0.4) is 0 Å². The molecule has 3 rings (SSSR count). The van der Waals surface area contributed by atoms with Crippen LogP contribution in [0.4, 0.5) is 4.79 Å². The summed E-state index contributed by atoms with van der Waals surface area (Å²) in [7, 11) is -1.82. The molecule has 3 N–H and O–H groups in total. The zero-order valence-electron chi connectivity index (χ0n) is 48.1. The lowest BCUT2D eigenvalue weighted by atomic mass is 9.76. The van der Waals surface area contributed by atoms with Crippen LogP contribution in [0.25, 0.3) is 0 Å². The lowest BCUT2D eigenvalue weighted by Gasteiger charge is -2.32. The van der Waals surface area contributed by atoms with Gasteiger partial charge in [0.1, 0.15) is 29.8 Å². The van der Waals surface area contributed by atoms with Gasteiger partial charge in [-0.1, -0.05) is 168 Å². The van der Waals surface area contributed by atoms with Gasteiger partial charge in [0.05, 0.1) is 14.7 Å². The molecule has 4 amide bonds. The first kappa shape index (κ1) is 63.1. The van der Waals surface area contributed by atoms with E-state index in [1.165, 1.54) is 30.6 Å². The Kier molecular flexibility index (Phi) is 25.7. The molecule has 13 heteroatoms. The summed E-state index contributed by atoms with van der Waals surface area (Å²) < 4.78 is 18.1. The Bertz CT molecular complexity index is 1970. The molecule has 1 fully saturated rings. The molecule has 412 valence electrons. The fourth-order valence-electron chi connectivity index (χ4n) is 10.7. The van der Waals surface area contributed by atoms with Crippen LogP contribution in [-0.2, 0) is 46.2 Å². The van der Waals surface area contributed by atoms with E-state index < -0.39 is 67.6 Å². The summed E-state index contributed by atoms with van der Waals surface area (Å²) in [4.78, 5) is 71.4. The van der Waals surface area contributed by atoms with E-state index in [0.717, 1.165) is 54.9 Å². The van der Waals surface area contributed by atoms with Gasteiger partial charge in [-0.3, -0.25) is 14.4 Å². The van der Waals surface area contributed by atoms with E-state index in [-0.39, 0.29) is 30.8 Å². The highest BCUT2D eigenvalue weighted by atomic mass is 28.3. The second-order valence-electron chi connectivity index (χ2n) is 25.3. The summed E-state index contributed by atoms with van der Waals surface area (Å²) in [6.45, 7) is 34.4. The molecular formula is C60H100N4O8Si. The molecule has 0 radical (unpaired) electrons. The van der Waals surface area contributed by atoms with Gasteiger partial charge in [-0.2, -0.15) is 0 Å². The SMILES string of the molecule is CC[Si](CC)(CCCOCC(CCC(C)CC(C)(C)C)C(C)CC(C)(C)C)CCOC(=O)[C@H](Cc1ccccc1)NC(=O)[C@H](Cc1ccccc1)NC(=O)[C@@H]1CCCN1C(=O)[C@@H](NC(=O)OC(C)(C)C)C(C)C. The number of benzene rings is 2. The molecule has 7 atom stereocenters. The van der Waals surface area contributed by atoms with Crippen molar-refractivity contribution in [1.82, 2.24) is 20.9 Å². The third-order valence-corrected chi connectivity index (χ3v) is 20.4. The predicted molar refractivity (Wildman–Crippen MR) is 299 cm³/mol. The number of nitrogens with zero attached hydrogens (tertiary/aromatic N) is 1. The second-order valence-corrected chi connectivity index (χ2v) is 30.7. The van der Waals surface area contributed by atoms with Crippen molar-refractivity contribution in [3.63, 3.8) is 0 Å². The molecule has 0 bridgehead atoms. The van der Waals surface area contributed by atoms with Gasteiger partial charge in [0.15, 0.2) is 0 Å². The molecule has 1 aliphatic rings. The number of nitrogens with one attached hydrogen (secondary N) is 3. The number of hydrogen-bond donors (Lipinski definition) is 3. The van der Waals surface area contributed by atoms with E-state index in [9.17, 15) is 24.0 Å². The molecule has 12 nitrogen and oxygen atoms in total. The van der Waals surface area contributed by atoms with Crippen molar-refractivity contribution in [2.75, 3.05) is 26.4 Å². The van der Waals surface area contributed by atoms with Crippen LogP contribution >= 0.6 is 0 Å². The standard InChI is InChI=1S/C60H100N4O8Si/c1-16-73(17-2,36-25-34-70-42-48(45(6)41-59(10,11)12)32-31-44(5)40-58(7,8)9)37-35-71-56(68)50(39-47-28-22-19-23-29-47)62-53(65)49(38-46-26-20-18-21-27-46)61-54(66)51-30-24-33-64(51)55(67)52(43(3)4)63-57(69)72-60(13,14)15/h18-23,26-29,43-45,48-52H,16-17,24-25,30-42H2,1-15H3,(H,61,66)(H,62,65)(H,63,69)/t44?,45?,48?,49-,50-,51-,52-/m0/s1. The van der Waals surface area contributed by atoms with Crippen molar-refractivity contribution in [3.05, 3.63) is 71.8 Å². The van der Waals surface area contributed by atoms with Crippen molar-refractivity contribution < 1.29 is 38.2 Å². The van der Waals surface area contributed by atoms with Crippen molar-refractivity contribution in [2.45, 2.75) is 216 Å². The Labute approximate surface area is 443 Å². The maximum absolute atomic E-state index is 14.5. The monoisotopic (exact) mass is 1030 g/mol. The first-order chi connectivity index (χ1) is 34.1. The quantitative estimate of drug-likeness (QED) is 0.0414. The van der Waals surface area contributed by atoms with Gasteiger partial charge in [0.25, 0.3) is 0 Å². The molecule has 0 aromatic heterocycles. The van der Waals surface area contributed by atoms with Gasteiger partial charge >= 0.3 is 12.1 Å². The van der Waals surface area contributed by atoms with E-state index in [1.807, 2.05) is 74.5 Å². The van der Waals surface area contributed by atoms with Gasteiger partial charge in [0.2, 0.25) is 17.7 Å². The number of hydrogen-bond acceptors (Lipinski definition) is 8. The molecule has 0 saturated carbocycles. The van der Waals surface area contributed by atoms with Gasteiger partial charge in [0, 0.05) is 32.6 Å². The lowest BCUT2D eigenvalue weighted by molar-refractivity contribution is -0.147. The minimum Gasteiger partial charge on any atom is -0.464 e. The average molecular weight is 1030 g/mol. The van der Waals surface area contributed by atoms with Crippen LogP contribution < -0.4 is 16.0 Å². The van der Waals surface area contributed by atoms with Crippen molar-refractivity contribution in [3.8, 4) is 0 Å². The first-order valence-corrected chi connectivity index (χ1v) is 30.7. The summed E-state index contributed by atoms with van der Waals surface area (Å²) in [5.41, 5.74) is 1.51. The van der Waals surface area contributed by atoms with Crippen LogP contribution in [0.2, 0.25) is 24.2 Å². The zero-order valence-corrected chi connectivity index (χ0v) is 49.1. The molecule has 1 saturated heterocycles. The molecule has 2 aromatic carbocycles. The minimum atomic E-state index is -1.82. The normalized spacial score (nSPS) is 17.0. The van der Waals surface area contributed by atoms with Crippen molar-refractivity contribution in [1.29, 1.82) is 0 Å². The second kappa shape index (κ2) is 29.8. The number of likely N-dealkylation sites (tertiary alicyclic amines) is 1. The van der Waals surface area contributed by atoms with Crippen LogP contribution in [0.15, 0.2) is 60.7 Å². The zero-order chi connectivity index (χ0) is 54.6. The van der Waals surface area contributed by atoms with Crippen LogP contribution in [0.1, 0.15) is 160 Å². The van der Waals surface area contributed by atoms with E-state index in [2.05, 4.69) is 85.2 Å². The van der Waals surface area contributed by atoms with E-state index in [1.54, 1.807) is 20.8 Å². The number of ether oxygens (including phenoxy) is 3. The van der Waals surface area contributed by atoms with E-state index >= 15 is 0 Å². The molecule has 3 unspecified atom stereocenters. The van der Waals surface area contributed by atoms with Gasteiger partial charge < -0.3 is 35.1 Å². The first-order valence-electron chi connectivity index (χ1n) is 27.9. The Morgan fingerprint density at radius 3 is 1.82 bits per heavy atom. The summed E-state index contributed by atoms with van der Waals surface area (Å²) >= 11 is 0. The summed E-state index contributed by atoms with van der Waals surface area (Å²) in [6, 6.07) is 19.1. The Balaban J connectivity index is 1.73. The van der Waals surface area contributed by atoms with Gasteiger partial charge in [-0.05, 0) is 111 Å². The third-order valence-electron chi connectivity index (χ3n) is 14.7. The van der Waals surface area contributed by atoms with Crippen LogP contribution in [0.5, 0.6) is 0 Å². The highest BCUT2D eigenvalue weighted by Gasteiger charge is 2.41. The highest BCUT2D eigenvalue weighted by molar-refractivity contribution is 6.79. The summed E-state index contributed by atoms with van der Waals surface area (Å²) in [6.07, 6.45) is 6.41. The lowest BCUT2D eigenvalue weighted by Crippen LogP contribution is -2.58. The fourth-order valence-corrected chi connectivity index (χ4v) is 14.3. The molecule has 1 heterocycles. The third kappa shape index (κ3) is 23.5. The molecule has 73 heavy (non-hydrogen) atoms. The average Bonchev–Trinajstić information content (AvgIpc) is 3.80. The number of amides is 4. The van der Waals surface area contributed by atoms with Crippen LogP contribution in [0, 0.1) is 34.5 Å². The Morgan fingerprint density at radius 2 is 1.29 bits per heavy atom. The van der Waals surface area contributed by atoms with Gasteiger partial charge in [-0.15, -0.1) is 0 Å². The molecule has 0 spiro atoms. The minimum absolute atomic E-state index is 0.152. The predicted octanol–water partition coefficient (Wildman–Crippen LogP) is 12.0. The van der Waals surface area contributed by atoms with E-state index in [4.69, 9.17) is 14.2 Å². The Hall–Kier alpha value is -4.23. The molecule has 1 aliphatic heterocycles. The topological polar surface area (TPSA) is 152 Å². The fraction of sp³-hybridized carbons (Fsp3) is 0.717. The number of rotatable bonds is 29. The largest absolute Gasteiger partial charge is 0.464 e. The van der Waals surface area contributed by atoms with Gasteiger partial charge in [-0.25, -0.2) is 9.59 Å². The maximum Gasteiger partial charge on any atom is 0.408 e. The number of alkyl carbamates (subject to hydrolysis) is 1. The number of carbonyl (C=O) groups is 5. The summed E-state index contributed by atoms with van der Waals surface area (Å²) in [5.74, 6) is -0.410. The molecular weight excluding hydrogens is 933 g/mol. The molecule has 2 aromatic rings. The van der Waals surface area contributed by atoms with Crippen molar-refractivity contribution in [2.24, 2.45) is 34.5 Å².